The first-order valence-electron chi connectivity index (χ1n) is 7.22. The molecular weight excluding hydrogens is 367 g/mol. The van der Waals surface area contributed by atoms with E-state index in [1.165, 1.54) is 25.3 Å². The lowest BCUT2D eigenvalue weighted by atomic mass is 10.2. The van der Waals surface area contributed by atoms with Crippen LogP contribution in [0.2, 0.25) is 5.02 Å². The van der Waals surface area contributed by atoms with Crippen molar-refractivity contribution in [2.45, 2.75) is 0 Å². The molecule has 0 saturated carbocycles. The van der Waals surface area contributed by atoms with Gasteiger partial charge in [-0.05, 0) is 29.8 Å². The van der Waals surface area contributed by atoms with E-state index in [9.17, 15) is 17.6 Å². The third kappa shape index (κ3) is 5.67. The average Bonchev–Trinajstić information content (AvgIpc) is 2.57. The molecule has 0 radical (unpaired) electrons. The van der Waals surface area contributed by atoms with Crippen LogP contribution >= 0.6 is 11.6 Å². The van der Waals surface area contributed by atoms with E-state index in [4.69, 9.17) is 11.6 Å². The molecule has 1 amide bonds. The zero-order valence-corrected chi connectivity index (χ0v) is 14.9. The summed E-state index contributed by atoms with van der Waals surface area (Å²) in [6.45, 7) is -0.392. The molecule has 0 aliphatic carbocycles. The predicted molar refractivity (Wildman–Crippen MR) is 97.1 cm³/mol. The van der Waals surface area contributed by atoms with E-state index in [2.05, 4.69) is 5.32 Å². The van der Waals surface area contributed by atoms with Crippen molar-refractivity contribution in [3.8, 4) is 0 Å². The summed E-state index contributed by atoms with van der Waals surface area (Å²) in [5.74, 6) is -1.17. The molecule has 2 aromatic carbocycles. The molecule has 0 aliphatic rings. The van der Waals surface area contributed by atoms with Gasteiger partial charge in [0, 0.05) is 18.1 Å². The third-order valence-corrected chi connectivity index (χ3v) is 5.00. The van der Waals surface area contributed by atoms with Crippen LogP contribution in [0.5, 0.6) is 0 Å². The Kier molecular flexibility index (Phi) is 6.30. The zero-order chi connectivity index (χ0) is 18.4. The Balaban J connectivity index is 1.99. The van der Waals surface area contributed by atoms with Crippen molar-refractivity contribution in [2.24, 2.45) is 0 Å². The minimum Gasteiger partial charge on any atom is -0.325 e. The summed E-state index contributed by atoms with van der Waals surface area (Å²) in [6, 6.07) is 12.6. The summed E-state index contributed by atoms with van der Waals surface area (Å²) in [5, 5.41) is 3.36. The van der Waals surface area contributed by atoms with Crippen molar-refractivity contribution in [3.63, 3.8) is 0 Å². The molecule has 0 unspecified atom stereocenters. The lowest BCUT2D eigenvalue weighted by molar-refractivity contribution is -0.116. The first kappa shape index (κ1) is 19.1. The minimum absolute atomic E-state index is 0.135. The Morgan fingerprint density at radius 3 is 2.56 bits per heavy atom. The van der Waals surface area contributed by atoms with Crippen LogP contribution in [-0.2, 0) is 14.8 Å². The van der Waals surface area contributed by atoms with Crippen LogP contribution in [0.4, 0.5) is 10.1 Å². The summed E-state index contributed by atoms with van der Waals surface area (Å²) in [4.78, 5) is 12.0. The highest BCUT2D eigenvalue weighted by Crippen LogP contribution is 2.19. The molecule has 2 rings (SSSR count). The molecule has 25 heavy (non-hydrogen) atoms. The van der Waals surface area contributed by atoms with Gasteiger partial charge in [-0.2, -0.15) is 4.31 Å². The number of hydrogen-bond donors (Lipinski definition) is 1. The van der Waals surface area contributed by atoms with Gasteiger partial charge in [0.1, 0.15) is 5.82 Å². The van der Waals surface area contributed by atoms with E-state index in [0.717, 1.165) is 21.3 Å². The third-order valence-electron chi connectivity index (χ3n) is 3.24. The Labute approximate surface area is 150 Å². The molecular formula is C17H16ClFN2O3S. The van der Waals surface area contributed by atoms with E-state index >= 15 is 0 Å². The maximum absolute atomic E-state index is 13.1. The number of likely N-dealkylation sites (N-methyl/N-ethyl adjacent to an activating group) is 1. The smallest absolute Gasteiger partial charge is 0.239 e. The van der Waals surface area contributed by atoms with E-state index in [0.29, 0.717) is 0 Å². The number of halogens is 2. The fraction of sp³-hybridized carbons (Fsp3) is 0.118. The van der Waals surface area contributed by atoms with Crippen LogP contribution in [0.3, 0.4) is 0 Å². The Hall–Kier alpha value is -2.22. The van der Waals surface area contributed by atoms with Crippen LogP contribution in [0, 0.1) is 5.82 Å². The Morgan fingerprint density at radius 2 is 1.92 bits per heavy atom. The van der Waals surface area contributed by atoms with E-state index in [1.807, 2.05) is 6.07 Å². The number of rotatable bonds is 6. The second kappa shape index (κ2) is 8.24. The number of carbonyl (C=O) groups is 1. The zero-order valence-electron chi connectivity index (χ0n) is 13.3. The van der Waals surface area contributed by atoms with Crippen molar-refractivity contribution in [2.75, 3.05) is 18.9 Å². The van der Waals surface area contributed by atoms with Crippen molar-refractivity contribution < 1.29 is 17.6 Å². The largest absolute Gasteiger partial charge is 0.325 e. The molecule has 0 spiro atoms. The van der Waals surface area contributed by atoms with Gasteiger partial charge in [0.05, 0.1) is 11.6 Å². The van der Waals surface area contributed by atoms with Gasteiger partial charge in [-0.25, -0.2) is 12.8 Å². The van der Waals surface area contributed by atoms with Crippen molar-refractivity contribution >= 4 is 39.3 Å². The molecule has 8 heteroatoms. The number of nitrogens with zero attached hydrogens (tertiary/aromatic N) is 1. The summed E-state index contributed by atoms with van der Waals surface area (Å²) >= 11 is 5.63. The molecule has 0 saturated heterocycles. The normalized spacial score (nSPS) is 11.8. The van der Waals surface area contributed by atoms with E-state index < -0.39 is 28.3 Å². The van der Waals surface area contributed by atoms with Gasteiger partial charge in [-0.15, -0.1) is 0 Å². The summed E-state index contributed by atoms with van der Waals surface area (Å²) in [6.07, 6.45) is 1.45. The van der Waals surface area contributed by atoms with Gasteiger partial charge in [-0.1, -0.05) is 41.9 Å². The van der Waals surface area contributed by atoms with Crippen molar-refractivity contribution in [1.82, 2.24) is 4.31 Å². The lowest BCUT2D eigenvalue weighted by Crippen LogP contribution is -2.33. The van der Waals surface area contributed by atoms with E-state index in [-0.39, 0.29) is 10.7 Å². The molecule has 1 N–H and O–H groups in total. The Bertz CT molecular complexity index is 886. The van der Waals surface area contributed by atoms with Crippen LogP contribution < -0.4 is 5.32 Å². The molecule has 0 atom stereocenters. The lowest BCUT2D eigenvalue weighted by Gasteiger charge is -2.14. The maximum Gasteiger partial charge on any atom is 0.239 e. The van der Waals surface area contributed by atoms with Crippen molar-refractivity contribution in [3.05, 3.63) is 70.3 Å². The molecule has 0 aromatic heterocycles. The van der Waals surface area contributed by atoms with Crippen LogP contribution in [0.15, 0.2) is 53.9 Å². The highest BCUT2D eigenvalue weighted by molar-refractivity contribution is 7.92. The van der Waals surface area contributed by atoms with Crippen molar-refractivity contribution in [1.29, 1.82) is 0 Å². The Morgan fingerprint density at radius 1 is 1.24 bits per heavy atom. The number of nitrogens with one attached hydrogen (secondary N) is 1. The van der Waals surface area contributed by atoms with Gasteiger partial charge in [0.25, 0.3) is 0 Å². The number of sulfonamides is 1. The number of amides is 1. The molecule has 5 nitrogen and oxygen atoms in total. The number of anilines is 1. The number of benzene rings is 2. The summed E-state index contributed by atoms with van der Waals surface area (Å²) in [5.41, 5.74) is 1.01. The molecule has 2 aromatic rings. The standard InChI is InChI=1S/C17H16ClFN2O3S/c1-21(25(23,24)10-9-13-5-3-2-4-6-13)12-17(22)20-14-7-8-16(19)15(18)11-14/h2-11H,12H2,1H3,(H,20,22). The number of carbonyl (C=O) groups excluding carboxylic acids is 1. The average molecular weight is 383 g/mol. The summed E-state index contributed by atoms with van der Waals surface area (Å²) < 4.78 is 38.4. The second-order valence-corrected chi connectivity index (χ2v) is 7.52. The quantitative estimate of drug-likeness (QED) is 0.833. The second-order valence-electron chi connectivity index (χ2n) is 5.19. The van der Waals surface area contributed by atoms with Gasteiger partial charge >= 0.3 is 0 Å². The summed E-state index contributed by atoms with van der Waals surface area (Å²) in [7, 11) is -2.46. The van der Waals surface area contributed by atoms with Gasteiger partial charge < -0.3 is 5.32 Å². The molecule has 132 valence electrons. The van der Waals surface area contributed by atoms with Crippen LogP contribution in [-0.4, -0.2) is 32.2 Å². The van der Waals surface area contributed by atoms with E-state index in [1.54, 1.807) is 24.3 Å². The monoisotopic (exact) mass is 382 g/mol. The van der Waals surface area contributed by atoms with Gasteiger partial charge in [0.15, 0.2) is 0 Å². The molecule has 0 fully saturated rings. The SMILES string of the molecule is CN(CC(=O)Nc1ccc(F)c(Cl)c1)S(=O)(=O)C=Cc1ccccc1. The minimum atomic E-state index is -3.75. The fourth-order valence-corrected chi connectivity index (χ4v) is 2.91. The first-order valence-corrected chi connectivity index (χ1v) is 9.10. The highest BCUT2D eigenvalue weighted by atomic mass is 35.5. The molecule has 0 heterocycles. The topological polar surface area (TPSA) is 66.5 Å². The predicted octanol–water partition coefficient (Wildman–Crippen LogP) is 3.35. The molecule has 0 aliphatic heterocycles. The van der Waals surface area contributed by atoms with Gasteiger partial charge in [0.2, 0.25) is 15.9 Å². The molecule has 0 bridgehead atoms. The highest BCUT2D eigenvalue weighted by Gasteiger charge is 2.18. The number of hydrogen-bond acceptors (Lipinski definition) is 3. The maximum atomic E-state index is 13.1. The first-order chi connectivity index (χ1) is 11.8. The van der Waals surface area contributed by atoms with Gasteiger partial charge in [-0.3, -0.25) is 4.79 Å². The van der Waals surface area contributed by atoms with Crippen LogP contribution in [0.25, 0.3) is 6.08 Å². The van der Waals surface area contributed by atoms with Crippen LogP contribution in [0.1, 0.15) is 5.56 Å². The fourth-order valence-electron chi connectivity index (χ4n) is 1.90.